The Morgan fingerprint density at radius 2 is 1.71 bits per heavy atom. The van der Waals surface area contributed by atoms with E-state index in [9.17, 15) is 4.57 Å². The van der Waals surface area contributed by atoms with Crippen molar-refractivity contribution in [2.75, 3.05) is 26.3 Å². The highest BCUT2D eigenvalue weighted by molar-refractivity contribution is 7.54. The molecular weight excluding hydrogens is 321 g/mol. The van der Waals surface area contributed by atoms with Crippen LogP contribution in [-0.2, 0) is 13.6 Å². The van der Waals surface area contributed by atoms with Gasteiger partial charge in [0.2, 0.25) is 0 Å². The number of hydrogen-bond acceptors (Lipinski definition) is 4. The molecule has 1 atom stereocenters. The van der Waals surface area contributed by atoms with Crippen LogP contribution in [0.4, 0.5) is 0 Å². The number of rotatable bonds is 9. The van der Waals surface area contributed by atoms with Gasteiger partial charge in [0, 0.05) is 0 Å². The average Bonchev–Trinajstić information content (AvgIpc) is 2.61. The van der Waals surface area contributed by atoms with E-state index in [0.717, 1.165) is 31.5 Å². The van der Waals surface area contributed by atoms with Crippen molar-refractivity contribution in [3.63, 3.8) is 0 Å². The van der Waals surface area contributed by atoms with Gasteiger partial charge in [0.25, 0.3) is 0 Å². The minimum absolute atomic E-state index is 0.197. The number of piperidine rings is 1. The van der Waals surface area contributed by atoms with E-state index in [4.69, 9.17) is 9.05 Å². The molecule has 0 aliphatic carbocycles. The topological polar surface area (TPSA) is 38.8 Å². The van der Waals surface area contributed by atoms with Gasteiger partial charge in [0.15, 0.2) is 0 Å². The van der Waals surface area contributed by atoms with E-state index < -0.39 is 7.60 Å². The second-order valence-electron chi connectivity index (χ2n) is 6.00. The average molecular weight is 351 g/mol. The van der Waals surface area contributed by atoms with Gasteiger partial charge in [-0.1, -0.05) is 48.9 Å². The fourth-order valence-electron chi connectivity index (χ4n) is 3.15. The largest absolute Gasteiger partial charge is 0.347 e. The van der Waals surface area contributed by atoms with Gasteiger partial charge in [0.1, 0.15) is 5.78 Å². The van der Waals surface area contributed by atoms with Crippen molar-refractivity contribution >= 4 is 13.7 Å². The summed E-state index contributed by atoms with van der Waals surface area (Å²) in [6.45, 7) is 6.49. The minimum atomic E-state index is -3.14. The number of benzene rings is 1. The van der Waals surface area contributed by atoms with Gasteiger partial charge in [0.05, 0.1) is 13.2 Å². The Balaban J connectivity index is 2.15. The van der Waals surface area contributed by atoms with Gasteiger partial charge < -0.3 is 9.05 Å². The Kier molecular flexibility index (Phi) is 8.20. The van der Waals surface area contributed by atoms with Gasteiger partial charge in [-0.2, -0.15) is 0 Å². The van der Waals surface area contributed by atoms with Crippen molar-refractivity contribution in [1.82, 2.24) is 4.90 Å². The van der Waals surface area contributed by atoms with Crippen LogP contribution in [0.1, 0.15) is 45.1 Å². The van der Waals surface area contributed by atoms with E-state index in [1.165, 1.54) is 6.42 Å². The lowest BCUT2D eigenvalue weighted by Gasteiger charge is -2.37. The minimum Gasteiger partial charge on any atom is -0.308 e. The van der Waals surface area contributed by atoms with Crippen molar-refractivity contribution in [3.05, 3.63) is 42.0 Å². The molecular formula is C19H30NO3P. The van der Waals surface area contributed by atoms with Crippen LogP contribution in [0, 0.1) is 0 Å². The molecule has 1 heterocycles. The van der Waals surface area contributed by atoms with E-state index in [2.05, 4.69) is 29.2 Å². The Bertz CT molecular complexity index is 531. The predicted molar refractivity (Wildman–Crippen MR) is 100 cm³/mol. The van der Waals surface area contributed by atoms with Gasteiger partial charge in [-0.3, -0.25) is 9.46 Å². The lowest BCUT2D eigenvalue weighted by atomic mass is 10.1. The molecule has 0 saturated carbocycles. The summed E-state index contributed by atoms with van der Waals surface area (Å²) in [5.41, 5.74) is 1.15. The summed E-state index contributed by atoms with van der Waals surface area (Å²) >= 11 is 0. The Labute approximate surface area is 146 Å². The molecule has 1 fully saturated rings. The highest BCUT2D eigenvalue weighted by atomic mass is 31.2. The molecule has 1 aliphatic heterocycles. The van der Waals surface area contributed by atoms with Gasteiger partial charge in [-0.05, 0) is 51.8 Å². The molecule has 1 aromatic carbocycles. The fraction of sp³-hybridized carbons (Fsp3) is 0.579. The molecule has 1 aliphatic rings. The molecule has 0 amide bonds. The van der Waals surface area contributed by atoms with E-state index in [0.29, 0.717) is 19.6 Å². The molecule has 1 unspecified atom stereocenters. The number of hydrogen-bond donors (Lipinski definition) is 0. The standard InChI is InChI=1S/C19H30NO3P/c1-3-22-24(21,23-4-2)19(20-16-9-6-10-17-20)15-11-14-18-12-7-5-8-13-18/h5,7-8,11-14,19H,3-4,6,9-10,15-17H2,1-2H3/b14-11+. The molecule has 2 rings (SSSR count). The zero-order chi connectivity index (χ0) is 17.3. The van der Waals surface area contributed by atoms with Crippen LogP contribution in [0.5, 0.6) is 0 Å². The monoisotopic (exact) mass is 351 g/mol. The SMILES string of the molecule is CCOP(=O)(OCC)C(C/C=C/c1ccccc1)N1CCCCC1. The maximum Gasteiger partial charge on any atom is 0.347 e. The summed E-state index contributed by atoms with van der Waals surface area (Å²) in [6, 6.07) is 10.2. The molecule has 5 heteroatoms. The van der Waals surface area contributed by atoms with Crippen LogP contribution in [0.2, 0.25) is 0 Å². The second-order valence-corrected chi connectivity index (χ2v) is 8.19. The number of nitrogens with zero attached hydrogens (tertiary/aromatic N) is 1. The molecule has 0 aromatic heterocycles. The Morgan fingerprint density at radius 3 is 2.29 bits per heavy atom. The zero-order valence-electron chi connectivity index (χ0n) is 14.9. The van der Waals surface area contributed by atoms with Gasteiger partial charge in [-0.25, -0.2) is 0 Å². The third kappa shape index (κ3) is 5.56. The number of likely N-dealkylation sites (tertiary alicyclic amines) is 1. The summed E-state index contributed by atoms with van der Waals surface area (Å²) in [5.74, 6) is -0.197. The summed E-state index contributed by atoms with van der Waals surface area (Å²) in [5, 5.41) is 0. The highest BCUT2D eigenvalue weighted by Gasteiger charge is 2.39. The first-order valence-electron chi connectivity index (χ1n) is 9.04. The van der Waals surface area contributed by atoms with Crippen molar-refractivity contribution in [1.29, 1.82) is 0 Å². The van der Waals surface area contributed by atoms with Crippen LogP contribution in [0.3, 0.4) is 0 Å². The third-order valence-corrected chi connectivity index (χ3v) is 6.76. The summed E-state index contributed by atoms with van der Waals surface area (Å²) in [7, 11) is -3.14. The molecule has 0 bridgehead atoms. The van der Waals surface area contributed by atoms with Crippen molar-refractivity contribution < 1.29 is 13.6 Å². The van der Waals surface area contributed by atoms with Crippen molar-refractivity contribution in [2.45, 2.75) is 45.3 Å². The first-order valence-corrected chi connectivity index (χ1v) is 10.6. The Morgan fingerprint density at radius 1 is 1.08 bits per heavy atom. The van der Waals surface area contributed by atoms with E-state index in [1.54, 1.807) is 0 Å². The first kappa shape index (κ1) is 19.4. The second kappa shape index (κ2) is 10.1. The smallest absolute Gasteiger partial charge is 0.308 e. The van der Waals surface area contributed by atoms with E-state index >= 15 is 0 Å². The summed E-state index contributed by atoms with van der Waals surface area (Å²) in [6.07, 6.45) is 8.40. The summed E-state index contributed by atoms with van der Waals surface area (Å²) in [4.78, 5) is 2.30. The highest BCUT2D eigenvalue weighted by Crippen LogP contribution is 2.55. The van der Waals surface area contributed by atoms with Crippen LogP contribution in [0.15, 0.2) is 36.4 Å². The maximum atomic E-state index is 13.3. The van der Waals surface area contributed by atoms with Crippen LogP contribution in [0.25, 0.3) is 6.08 Å². The van der Waals surface area contributed by atoms with Crippen LogP contribution >= 0.6 is 7.60 Å². The molecule has 0 N–H and O–H groups in total. The third-order valence-electron chi connectivity index (χ3n) is 4.25. The summed E-state index contributed by atoms with van der Waals surface area (Å²) < 4.78 is 24.6. The predicted octanol–water partition coefficient (Wildman–Crippen LogP) is 5.17. The lowest BCUT2D eigenvalue weighted by Crippen LogP contribution is -2.39. The van der Waals surface area contributed by atoms with Crippen LogP contribution in [-0.4, -0.2) is 37.0 Å². The van der Waals surface area contributed by atoms with Gasteiger partial charge >= 0.3 is 7.60 Å². The molecule has 0 radical (unpaired) electrons. The lowest BCUT2D eigenvalue weighted by molar-refractivity contribution is 0.147. The van der Waals surface area contributed by atoms with E-state index in [-0.39, 0.29) is 5.78 Å². The zero-order valence-corrected chi connectivity index (χ0v) is 15.8. The molecule has 1 aromatic rings. The van der Waals surface area contributed by atoms with Gasteiger partial charge in [-0.15, -0.1) is 0 Å². The first-order chi connectivity index (χ1) is 11.7. The van der Waals surface area contributed by atoms with Crippen molar-refractivity contribution in [2.24, 2.45) is 0 Å². The molecule has 4 nitrogen and oxygen atoms in total. The molecule has 134 valence electrons. The van der Waals surface area contributed by atoms with Crippen LogP contribution < -0.4 is 0 Å². The van der Waals surface area contributed by atoms with E-state index in [1.807, 2.05) is 32.0 Å². The maximum absolute atomic E-state index is 13.3. The molecule has 0 spiro atoms. The quantitative estimate of drug-likeness (QED) is 0.576. The van der Waals surface area contributed by atoms with Crippen molar-refractivity contribution in [3.8, 4) is 0 Å². The fourth-order valence-corrected chi connectivity index (χ4v) is 5.30. The molecule has 1 saturated heterocycles. The normalized spacial score (nSPS) is 18.1. The Hall–Kier alpha value is -0.930. The molecule has 24 heavy (non-hydrogen) atoms.